The number of benzene rings is 1. The first kappa shape index (κ1) is 11.8. The van der Waals surface area contributed by atoms with Crippen molar-refractivity contribution in [3.8, 4) is 5.75 Å². The topological polar surface area (TPSA) is 67.2 Å². The summed E-state index contributed by atoms with van der Waals surface area (Å²) in [5, 5.41) is 17.0. The van der Waals surface area contributed by atoms with Gasteiger partial charge in [-0.2, -0.15) is 5.10 Å². The van der Waals surface area contributed by atoms with Gasteiger partial charge in [0, 0.05) is 12.6 Å². The van der Waals surface area contributed by atoms with E-state index in [-0.39, 0.29) is 11.3 Å². The molecule has 1 aliphatic heterocycles. The van der Waals surface area contributed by atoms with E-state index >= 15 is 0 Å². The van der Waals surface area contributed by atoms with Crippen LogP contribution in [0.4, 0.5) is 5.69 Å². The molecule has 3 rings (SSSR count). The van der Waals surface area contributed by atoms with Crippen molar-refractivity contribution in [2.75, 3.05) is 11.9 Å². The molecular formula is C14H15N3O2. The number of nitrogens with one attached hydrogen (secondary N) is 1. The molecule has 5 heteroatoms. The SMILES string of the molecule is O=c1cc2c(nn1Cc1cccc(O)c1)CCCN2. The molecule has 2 heterocycles. The van der Waals surface area contributed by atoms with Gasteiger partial charge < -0.3 is 10.4 Å². The molecule has 19 heavy (non-hydrogen) atoms. The van der Waals surface area contributed by atoms with Gasteiger partial charge in [-0.1, -0.05) is 12.1 Å². The summed E-state index contributed by atoms with van der Waals surface area (Å²) < 4.78 is 1.45. The molecular weight excluding hydrogens is 242 g/mol. The molecule has 0 amide bonds. The van der Waals surface area contributed by atoms with Crippen molar-refractivity contribution in [2.24, 2.45) is 0 Å². The predicted octanol–water partition coefficient (Wildman–Crippen LogP) is 1.36. The quantitative estimate of drug-likeness (QED) is 0.852. The van der Waals surface area contributed by atoms with E-state index in [1.165, 1.54) is 4.68 Å². The number of anilines is 1. The summed E-state index contributed by atoms with van der Waals surface area (Å²) in [5.41, 5.74) is 2.52. The molecule has 0 unspecified atom stereocenters. The standard InChI is InChI=1S/C14H15N3O2/c18-11-4-1-3-10(7-11)9-17-14(19)8-13-12(16-17)5-2-6-15-13/h1,3-4,7-8,15,18H,2,5-6,9H2. The zero-order valence-electron chi connectivity index (χ0n) is 10.5. The van der Waals surface area contributed by atoms with Crippen LogP contribution in [0.1, 0.15) is 17.7 Å². The zero-order valence-corrected chi connectivity index (χ0v) is 10.5. The van der Waals surface area contributed by atoms with E-state index in [0.29, 0.717) is 6.54 Å². The average Bonchev–Trinajstić information content (AvgIpc) is 2.40. The van der Waals surface area contributed by atoms with Crippen molar-refractivity contribution >= 4 is 5.69 Å². The van der Waals surface area contributed by atoms with E-state index in [1.807, 2.05) is 6.07 Å². The van der Waals surface area contributed by atoms with Crippen LogP contribution >= 0.6 is 0 Å². The molecule has 0 saturated heterocycles. The molecule has 0 fully saturated rings. The van der Waals surface area contributed by atoms with Crippen molar-refractivity contribution in [2.45, 2.75) is 19.4 Å². The summed E-state index contributed by atoms with van der Waals surface area (Å²) in [6.45, 7) is 1.27. The van der Waals surface area contributed by atoms with Gasteiger partial charge in [-0.25, -0.2) is 4.68 Å². The molecule has 1 aromatic carbocycles. The number of aryl methyl sites for hydroxylation is 1. The minimum atomic E-state index is -0.128. The van der Waals surface area contributed by atoms with Crippen LogP contribution < -0.4 is 10.9 Å². The lowest BCUT2D eigenvalue weighted by Gasteiger charge is -2.17. The van der Waals surface area contributed by atoms with Gasteiger partial charge in [0.15, 0.2) is 0 Å². The Bertz CT molecular complexity index is 664. The molecule has 0 aliphatic carbocycles. The number of aromatic nitrogens is 2. The Hall–Kier alpha value is -2.30. The molecule has 98 valence electrons. The van der Waals surface area contributed by atoms with Crippen molar-refractivity contribution in [3.05, 3.63) is 51.9 Å². The molecule has 0 atom stereocenters. The fourth-order valence-corrected chi connectivity index (χ4v) is 2.29. The Morgan fingerprint density at radius 2 is 2.26 bits per heavy atom. The van der Waals surface area contributed by atoms with Crippen LogP contribution in [0, 0.1) is 0 Å². The first-order chi connectivity index (χ1) is 9.22. The van der Waals surface area contributed by atoms with Gasteiger partial charge in [0.05, 0.1) is 17.9 Å². The molecule has 2 N–H and O–H groups in total. The number of fused-ring (bicyclic) bond motifs is 1. The molecule has 2 aromatic rings. The Morgan fingerprint density at radius 3 is 3.11 bits per heavy atom. The third-order valence-corrected chi connectivity index (χ3v) is 3.22. The molecule has 0 bridgehead atoms. The fraction of sp³-hybridized carbons (Fsp3) is 0.286. The zero-order chi connectivity index (χ0) is 13.2. The van der Waals surface area contributed by atoms with Crippen molar-refractivity contribution < 1.29 is 5.11 Å². The van der Waals surface area contributed by atoms with E-state index in [9.17, 15) is 9.90 Å². The highest BCUT2D eigenvalue weighted by Crippen LogP contribution is 2.17. The highest BCUT2D eigenvalue weighted by atomic mass is 16.3. The highest BCUT2D eigenvalue weighted by Gasteiger charge is 2.12. The van der Waals surface area contributed by atoms with Crippen LogP contribution in [0.5, 0.6) is 5.75 Å². The van der Waals surface area contributed by atoms with Gasteiger partial charge >= 0.3 is 0 Å². The number of aromatic hydroxyl groups is 1. The van der Waals surface area contributed by atoms with Crippen molar-refractivity contribution in [3.63, 3.8) is 0 Å². The minimum absolute atomic E-state index is 0.128. The lowest BCUT2D eigenvalue weighted by Crippen LogP contribution is -2.27. The van der Waals surface area contributed by atoms with E-state index in [4.69, 9.17) is 0 Å². The van der Waals surface area contributed by atoms with Crippen molar-refractivity contribution in [1.29, 1.82) is 0 Å². The van der Waals surface area contributed by atoms with Gasteiger partial charge in [0.25, 0.3) is 5.56 Å². The van der Waals surface area contributed by atoms with Gasteiger partial charge in [-0.15, -0.1) is 0 Å². The van der Waals surface area contributed by atoms with Crippen LogP contribution in [0.2, 0.25) is 0 Å². The van der Waals surface area contributed by atoms with E-state index in [0.717, 1.165) is 36.3 Å². The summed E-state index contributed by atoms with van der Waals surface area (Å²) in [4.78, 5) is 12.0. The van der Waals surface area contributed by atoms with Crippen LogP contribution in [0.15, 0.2) is 35.1 Å². The summed E-state index contributed by atoms with van der Waals surface area (Å²) in [7, 11) is 0. The van der Waals surface area contributed by atoms with Gasteiger partial charge in [0.1, 0.15) is 5.75 Å². The smallest absolute Gasteiger partial charge is 0.269 e. The van der Waals surface area contributed by atoms with E-state index in [2.05, 4.69) is 10.4 Å². The number of phenolic OH excluding ortho intramolecular Hbond substituents is 1. The first-order valence-corrected chi connectivity index (χ1v) is 6.35. The molecule has 0 radical (unpaired) electrons. The second kappa shape index (κ2) is 4.76. The van der Waals surface area contributed by atoms with Gasteiger partial charge in [-0.05, 0) is 30.5 Å². The summed E-state index contributed by atoms with van der Waals surface area (Å²) in [6, 6.07) is 8.48. The second-order valence-electron chi connectivity index (χ2n) is 4.70. The van der Waals surface area contributed by atoms with E-state index in [1.54, 1.807) is 24.3 Å². The van der Waals surface area contributed by atoms with Gasteiger partial charge in [-0.3, -0.25) is 4.79 Å². The average molecular weight is 257 g/mol. The lowest BCUT2D eigenvalue weighted by atomic mass is 10.1. The third-order valence-electron chi connectivity index (χ3n) is 3.22. The molecule has 1 aromatic heterocycles. The Labute approximate surface area is 110 Å². The maximum Gasteiger partial charge on any atom is 0.269 e. The lowest BCUT2D eigenvalue weighted by molar-refractivity contribution is 0.473. The number of hydrogen-bond acceptors (Lipinski definition) is 4. The number of hydrogen-bond donors (Lipinski definition) is 2. The monoisotopic (exact) mass is 257 g/mol. The van der Waals surface area contributed by atoms with E-state index < -0.39 is 0 Å². The number of rotatable bonds is 2. The Balaban J connectivity index is 1.95. The Kier molecular flexibility index (Phi) is 2.95. The number of phenols is 1. The third kappa shape index (κ3) is 2.45. The first-order valence-electron chi connectivity index (χ1n) is 6.35. The van der Waals surface area contributed by atoms with Crippen LogP contribution in [0.3, 0.4) is 0 Å². The normalized spacial score (nSPS) is 13.7. The largest absolute Gasteiger partial charge is 0.508 e. The fourth-order valence-electron chi connectivity index (χ4n) is 2.29. The van der Waals surface area contributed by atoms with Crippen LogP contribution in [0.25, 0.3) is 0 Å². The molecule has 0 saturated carbocycles. The van der Waals surface area contributed by atoms with Crippen molar-refractivity contribution in [1.82, 2.24) is 9.78 Å². The summed E-state index contributed by atoms with van der Waals surface area (Å²) >= 11 is 0. The summed E-state index contributed by atoms with van der Waals surface area (Å²) in [6.07, 6.45) is 1.92. The predicted molar refractivity (Wildman–Crippen MR) is 72.5 cm³/mol. The summed E-state index contributed by atoms with van der Waals surface area (Å²) in [5.74, 6) is 0.199. The maximum absolute atomic E-state index is 12.0. The molecule has 0 spiro atoms. The van der Waals surface area contributed by atoms with Crippen LogP contribution in [-0.2, 0) is 13.0 Å². The van der Waals surface area contributed by atoms with Crippen LogP contribution in [-0.4, -0.2) is 21.4 Å². The maximum atomic E-state index is 12.0. The molecule has 5 nitrogen and oxygen atoms in total. The molecule has 1 aliphatic rings. The highest BCUT2D eigenvalue weighted by molar-refractivity contribution is 5.48. The van der Waals surface area contributed by atoms with Gasteiger partial charge in [0.2, 0.25) is 0 Å². The number of nitrogens with zero attached hydrogens (tertiary/aromatic N) is 2. The Morgan fingerprint density at radius 1 is 1.37 bits per heavy atom. The second-order valence-corrected chi connectivity index (χ2v) is 4.70. The minimum Gasteiger partial charge on any atom is -0.508 e.